The fraction of sp³-hybridized carbons (Fsp3) is 0.364. The van der Waals surface area contributed by atoms with Crippen LogP contribution in [0.2, 0.25) is 0 Å². The van der Waals surface area contributed by atoms with Gasteiger partial charge in [-0.15, -0.1) is 0 Å². The van der Waals surface area contributed by atoms with E-state index in [0.29, 0.717) is 5.75 Å². The number of phenols is 1. The van der Waals surface area contributed by atoms with Gasteiger partial charge in [0.25, 0.3) is 0 Å². The smallest absolute Gasteiger partial charge is 0.119 e. The Bertz CT molecular complexity index is 354. The van der Waals surface area contributed by atoms with Crippen LogP contribution in [0.25, 0.3) is 0 Å². The Balaban J connectivity index is 3.43. The standard InChI is InChI=1S/C11H15NO/c1-7-5-11(13)9(3)8(2)10(7)6-12-4/h5-6,13H,1-4H3. The molecule has 2 heteroatoms. The fourth-order valence-corrected chi connectivity index (χ4v) is 1.41. The van der Waals surface area contributed by atoms with Gasteiger partial charge in [0, 0.05) is 13.3 Å². The average Bonchev–Trinajstić information content (AvgIpc) is 2.09. The van der Waals surface area contributed by atoms with Crippen LogP contribution in [0.1, 0.15) is 22.3 Å². The highest BCUT2D eigenvalue weighted by molar-refractivity contribution is 5.84. The summed E-state index contributed by atoms with van der Waals surface area (Å²) >= 11 is 0. The van der Waals surface area contributed by atoms with Crippen molar-refractivity contribution in [3.8, 4) is 5.75 Å². The van der Waals surface area contributed by atoms with Crippen LogP contribution in [-0.2, 0) is 0 Å². The molecule has 0 aromatic heterocycles. The molecule has 0 unspecified atom stereocenters. The predicted molar refractivity (Wildman–Crippen MR) is 55.8 cm³/mol. The lowest BCUT2D eigenvalue weighted by Crippen LogP contribution is -1.95. The van der Waals surface area contributed by atoms with Gasteiger partial charge in [-0.3, -0.25) is 4.99 Å². The molecular formula is C11H15NO. The van der Waals surface area contributed by atoms with E-state index in [1.165, 1.54) is 0 Å². The molecule has 0 fully saturated rings. The molecule has 0 saturated heterocycles. The third-order valence-corrected chi connectivity index (χ3v) is 2.39. The first-order valence-corrected chi connectivity index (χ1v) is 4.30. The number of hydrogen-bond donors (Lipinski definition) is 1. The number of hydrogen-bond acceptors (Lipinski definition) is 2. The van der Waals surface area contributed by atoms with Crippen molar-refractivity contribution in [2.24, 2.45) is 4.99 Å². The van der Waals surface area contributed by atoms with Crippen LogP contribution in [0.4, 0.5) is 0 Å². The summed E-state index contributed by atoms with van der Waals surface area (Å²) in [5, 5.41) is 9.53. The van der Waals surface area contributed by atoms with Crippen molar-refractivity contribution in [1.29, 1.82) is 0 Å². The second kappa shape index (κ2) is 3.60. The van der Waals surface area contributed by atoms with Crippen LogP contribution in [0, 0.1) is 20.8 Å². The first kappa shape index (κ1) is 9.78. The summed E-state index contributed by atoms with van der Waals surface area (Å²) < 4.78 is 0. The minimum absolute atomic E-state index is 0.364. The lowest BCUT2D eigenvalue weighted by Gasteiger charge is -2.09. The second-order valence-corrected chi connectivity index (χ2v) is 3.26. The zero-order valence-electron chi connectivity index (χ0n) is 8.55. The first-order chi connectivity index (χ1) is 6.07. The molecule has 0 bridgehead atoms. The summed E-state index contributed by atoms with van der Waals surface area (Å²) in [4.78, 5) is 3.99. The van der Waals surface area contributed by atoms with E-state index in [-0.39, 0.29) is 0 Å². The number of nitrogens with zero attached hydrogens (tertiary/aromatic N) is 1. The van der Waals surface area contributed by atoms with E-state index in [1.807, 2.05) is 27.0 Å². The Kier molecular flexibility index (Phi) is 2.71. The van der Waals surface area contributed by atoms with Gasteiger partial charge in [-0.25, -0.2) is 0 Å². The van der Waals surface area contributed by atoms with E-state index in [4.69, 9.17) is 0 Å². The highest BCUT2D eigenvalue weighted by Crippen LogP contribution is 2.25. The molecular weight excluding hydrogens is 162 g/mol. The lowest BCUT2D eigenvalue weighted by molar-refractivity contribution is 0.470. The molecule has 2 nitrogen and oxygen atoms in total. The largest absolute Gasteiger partial charge is 0.508 e. The highest BCUT2D eigenvalue weighted by Gasteiger charge is 2.06. The molecule has 0 radical (unpaired) electrons. The lowest BCUT2D eigenvalue weighted by atomic mass is 9.98. The number of phenolic OH excluding ortho intramolecular Hbond substituents is 1. The van der Waals surface area contributed by atoms with Crippen LogP contribution >= 0.6 is 0 Å². The van der Waals surface area contributed by atoms with Gasteiger partial charge in [-0.05, 0) is 49.1 Å². The molecule has 0 aliphatic rings. The van der Waals surface area contributed by atoms with Crippen molar-refractivity contribution in [2.75, 3.05) is 7.05 Å². The Morgan fingerprint density at radius 2 is 1.85 bits per heavy atom. The molecule has 0 aliphatic carbocycles. The number of aromatic hydroxyl groups is 1. The third kappa shape index (κ3) is 1.72. The number of rotatable bonds is 1. The molecule has 1 aromatic rings. The van der Waals surface area contributed by atoms with Gasteiger partial charge in [-0.2, -0.15) is 0 Å². The quantitative estimate of drug-likeness (QED) is 0.656. The van der Waals surface area contributed by atoms with Crippen LogP contribution in [0.3, 0.4) is 0 Å². The van der Waals surface area contributed by atoms with Crippen LogP contribution in [0.15, 0.2) is 11.1 Å². The van der Waals surface area contributed by atoms with Gasteiger partial charge in [-0.1, -0.05) is 0 Å². The maximum atomic E-state index is 9.53. The van der Waals surface area contributed by atoms with Gasteiger partial charge in [0.15, 0.2) is 0 Å². The van der Waals surface area contributed by atoms with E-state index in [2.05, 4.69) is 4.99 Å². The zero-order chi connectivity index (χ0) is 10.0. The maximum Gasteiger partial charge on any atom is 0.119 e. The number of aliphatic imine (C=N–C) groups is 1. The van der Waals surface area contributed by atoms with E-state index < -0.39 is 0 Å². The van der Waals surface area contributed by atoms with Gasteiger partial charge in [0.2, 0.25) is 0 Å². The Hall–Kier alpha value is -1.31. The molecule has 0 spiro atoms. The van der Waals surface area contributed by atoms with Crippen molar-refractivity contribution in [2.45, 2.75) is 20.8 Å². The van der Waals surface area contributed by atoms with E-state index in [1.54, 1.807) is 13.1 Å². The normalized spacial score (nSPS) is 11.1. The van der Waals surface area contributed by atoms with Crippen molar-refractivity contribution in [3.63, 3.8) is 0 Å². The molecule has 1 N–H and O–H groups in total. The topological polar surface area (TPSA) is 32.6 Å². The number of benzene rings is 1. The van der Waals surface area contributed by atoms with Crippen molar-refractivity contribution >= 4 is 6.21 Å². The summed E-state index contributed by atoms with van der Waals surface area (Å²) in [7, 11) is 1.75. The fourth-order valence-electron chi connectivity index (χ4n) is 1.41. The summed E-state index contributed by atoms with van der Waals surface area (Å²) in [6, 6.07) is 1.78. The van der Waals surface area contributed by atoms with E-state index in [9.17, 15) is 5.11 Å². The maximum absolute atomic E-state index is 9.53. The third-order valence-electron chi connectivity index (χ3n) is 2.39. The molecule has 0 aliphatic heterocycles. The van der Waals surface area contributed by atoms with Gasteiger partial charge < -0.3 is 5.11 Å². The molecule has 0 heterocycles. The minimum Gasteiger partial charge on any atom is -0.508 e. The van der Waals surface area contributed by atoms with E-state index in [0.717, 1.165) is 22.3 Å². The van der Waals surface area contributed by atoms with Crippen LogP contribution in [-0.4, -0.2) is 18.4 Å². The minimum atomic E-state index is 0.364. The molecule has 1 aromatic carbocycles. The zero-order valence-corrected chi connectivity index (χ0v) is 8.55. The summed E-state index contributed by atoms with van der Waals surface area (Å²) in [5.74, 6) is 0.364. The molecule has 70 valence electrons. The van der Waals surface area contributed by atoms with Crippen molar-refractivity contribution in [3.05, 3.63) is 28.3 Å². The molecule has 1 rings (SSSR count). The first-order valence-electron chi connectivity index (χ1n) is 4.30. The van der Waals surface area contributed by atoms with E-state index >= 15 is 0 Å². The summed E-state index contributed by atoms with van der Waals surface area (Å²) in [6.07, 6.45) is 1.83. The van der Waals surface area contributed by atoms with Crippen LogP contribution in [0.5, 0.6) is 5.75 Å². The van der Waals surface area contributed by atoms with Gasteiger partial charge >= 0.3 is 0 Å². The SMILES string of the molecule is CN=Cc1c(C)cc(O)c(C)c1C. The Labute approximate surface area is 78.9 Å². The average molecular weight is 177 g/mol. The molecule has 0 amide bonds. The highest BCUT2D eigenvalue weighted by atomic mass is 16.3. The second-order valence-electron chi connectivity index (χ2n) is 3.26. The molecule has 0 saturated carbocycles. The Morgan fingerprint density at radius 1 is 1.23 bits per heavy atom. The number of aryl methyl sites for hydroxylation is 1. The molecule has 0 atom stereocenters. The van der Waals surface area contributed by atoms with Gasteiger partial charge in [0.05, 0.1) is 0 Å². The predicted octanol–water partition coefficient (Wildman–Crippen LogP) is 2.37. The van der Waals surface area contributed by atoms with Crippen molar-refractivity contribution < 1.29 is 5.11 Å². The van der Waals surface area contributed by atoms with Crippen molar-refractivity contribution in [1.82, 2.24) is 0 Å². The molecule has 13 heavy (non-hydrogen) atoms. The Morgan fingerprint density at radius 3 is 2.38 bits per heavy atom. The monoisotopic (exact) mass is 177 g/mol. The van der Waals surface area contributed by atoms with Gasteiger partial charge in [0.1, 0.15) is 5.75 Å². The summed E-state index contributed by atoms with van der Waals surface area (Å²) in [6.45, 7) is 5.89. The summed E-state index contributed by atoms with van der Waals surface area (Å²) in [5.41, 5.74) is 4.20. The van der Waals surface area contributed by atoms with Crippen LogP contribution < -0.4 is 0 Å².